The number of carbonyl (C=O) groups is 1. The molecule has 0 aromatic heterocycles. The van der Waals surface area contributed by atoms with E-state index in [4.69, 9.17) is 9.84 Å². The second-order valence-electron chi connectivity index (χ2n) is 6.76. The van der Waals surface area contributed by atoms with Crippen LogP contribution in [0.2, 0.25) is 0 Å². The van der Waals surface area contributed by atoms with Crippen molar-refractivity contribution in [1.82, 2.24) is 4.90 Å². The predicted molar refractivity (Wildman–Crippen MR) is 97.8 cm³/mol. The van der Waals surface area contributed by atoms with Gasteiger partial charge in [0, 0.05) is 12.6 Å². The van der Waals surface area contributed by atoms with Crippen LogP contribution in [-0.2, 0) is 15.7 Å². The number of carboxylic acid groups (broad SMARTS) is 1. The number of likely N-dealkylation sites (N-methyl/N-ethyl adjacent to an activating group) is 1. The highest BCUT2D eigenvalue weighted by Gasteiger charge is 2.33. The van der Waals surface area contributed by atoms with Crippen LogP contribution in [0.1, 0.15) is 42.1 Å². The third-order valence-electron chi connectivity index (χ3n) is 4.90. The molecule has 2 N–H and O–H groups in total. The summed E-state index contributed by atoms with van der Waals surface area (Å²) in [6, 6.07) is 7.07. The Morgan fingerprint density at radius 1 is 1.40 bits per heavy atom. The number of ether oxygens (including phenoxy) is 1. The zero-order valence-electron chi connectivity index (χ0n) is 14.9. The molecule has 25 heavy (non-hydrogen) atoms. The molecule has 1 aliphatic rings. The molecule has 0 bridgehead atoms. The van der Waals surface area contributed by atoms with Crippen molar-refractivity contribution in [2.75, 3.05) is 20.2 Å². The molecule has 1 fully saturated rings. The number of morpholine rings is 1. The summed E-state index contributed by atoms with van der Waals surface area (Å²) in [5, 5.41) is 8.95. The summed E-state index contributed by atoms with van der Waals surface area (Å²) < 4.78 is 17.7. The van der Waals surface area contributed by atoms with Gasteiger partial charge in [0.15, 0.2) is 8.03 Å². The summed E-state index contributed by atoms with van der Waals surface area (Å²) in [5.41, 5.74) is 1.06. The fourth-order valence-corrected chi connectivity index (χ4v) is 4.22. The van der Waals surface area contributed by atoms with Crippen molar-refractivity contribution in [3.63, 3.8) is 0 Å². The van der Waals surface area contributed by atoms with E-state index in [1.165, 1.54) is 0 Å². The second kappa shape index (κ2) is 9.48. The quantitative estimate of drug-likeness (QED) is 0.685. The van der Waals surface area contributed by atoms with Crippen LogP contribution in [0.4, 0.5) is 0 Å². The average Bonchev–Trinajstić information content (AvgIpc) is 2.57. The van der Waals surface area contributed by atoms with Crippen LogP contribution < -0.4 is 0 Å². The summed E-state index contributed by atoms with van der Waals surface area (Å²) in [5.74, 6) is -0.926. The van der Waals surface area contributed by atoms with Crippen molar-refractivity contribution in [2.45, 2.75) is 50.4 Å². The standard InChI is InChI=1S/C18H28NO5P/c1-3-4-5-17(25(22)23)16-11-19(2)15(12-24-16)10-13-6-8-14(9-7-13)18(20)21/h6-9,15-17,25H,3-5,10-12H2,1-2H3,(H,20,21)(H,22,23)/t15-,16+,17?/m1/s1. The maximum atomic E-state index is 11.7. The van der Waals surface area contributed by atoms with Gasteiger partial charge in [-0.25, -0.2) is 4.79 Å². The Kier molecular flexibility index (Phi) is 7.63. The van der Waals surface area contributed by atoms with Gasteiger partial charge >= 0.3 is 5.97 Å². The first-order valence-corrected chi connectivity index (χ1v) is 10.2. The first kappa shape index (κ1) is 20.1. The zero-order chi connectivity index (χ0) is 18.4. The summed E-state index contributed by atoms with van der Waals surface area (Å²) in [6.45, 7) is 3.23. The summed E-state index contributed by atoms with van der Waals surface area (Å²) in [7, 11) is -0.602. The monoisotopic (exact) mass is 369 g/mol. The van der Waals surface area contributed by atoms with Gasteiger partial charge in [-0.15, -0.1) is 0 Å². The van der Waals surface area contributed by atoms with Crippen LogP contribution >= 0.6 is 8.03 Å². The highest BCUT2D eigenvalue weighted by molar-refractivity contribution is 7.39. The topological polar surface area (TPSA) is 87.1 Å². The number of aromatic carboxylic acids is 1. The number of hydrogen-bond donors (Lipinski definition) is 2. The van der Waals surface area contributed by atoms with E-state index in [1.807, 2.05) is 19.2 Å². The molecule has 1 saturated heterocycles. The van der Waals surface area contributed by atoms with Gasteiger partial charge in [0.2, 0.25) is 0 Å². The normalized spacial score (nSPS) is 24.0. The summed E-state index contributed by atoms with van der Waals surface area (Å²) in [4.78, 5) is 22.7. The lowest BCUT2D eigenvalue weighted by atomic mass is 10.0. The van der Waals surface area contributed by atoms with Gasteiger partial charge in [-0.05, 0) is 37.6 Å². The molecule has 0 radical (unpaired) electrons. The van der Waals surface area contributed by atoms with Crippen molar-refractivity contribution < 1.29 is 24.1 Å². The third kappa shape index (κ3) is 5.65. The Labute approximate surface area is 149 Å². The number of benzene rings is 1. The van der Waals surface area contributed by atoms with E-state index >= 15 is 0 Å². The Morgan fingerprint density at radius 2 is 2.08 bits per heavy atom. The predicted octanol–water partition coefficient (Wildman–Crippen LogP) is 2.65. The fraction of sp³-hybridized carbons (Fsp3) is 0.611. The van der Waals surface area contributed by atoms with Crippen LogP contribution in [0.15, 0.2) is 24.3 Å². The van der Waals surface area contributed by atoms with Crippen molar-refractivity contribution in [3.05, 3.63) is 35.4 Å². The molecule has 1 heterocycles. The lowest BCUT2D eigenvalue weighted by molar-refractivity contribution is -0.0559. The number of unbranched alkanes of at least 4 members (excludes halogenated alkanes) is 1. The first-order valence-electron chi connectivity index (χ1n) is 8.79. The molecule has 0 saturated carbocycles. The van der Waals surface area contributed by atoms with Gasteiger partial charge in [-0.1, -0.05) is 31.9 Å². The molecular formula is C18H28NO5P. The Balaban J connectivity index is 1.94. The summed E-state index contributed by atoms with van der Waals surface area (Å²) >= 11 is 0. The van der Waals surface area contributed by atoms with E-state index in [0.717, 1.165) is 31.2 Å². The van der Waals surface area contributed by atoms with Crippen LogP contribution in [0.3, 0.4) is 0 Å². The molecule has 4 atom stereocenters. The largest absolute Gasteiger partial charge is 0.478 e. The van der Waals surface area contributed by atoms with Gasteiger partial charge < -0.3 is 14.7 Å². The molecule has 6 nitrogen and oxygen atoms in total. The fourth-order valence-electron chi connectivity index (χ4n) is 3.25. The second-order valence-corrected chi connectivity index (χ2v) is 8.18. The Bertz CT molecular complexity index is 592. The van der Waals surface area contributed by atoms with Crippen molar-refractivity contribution >= 4 is 14.0 Å². The third-order valence-corrected chi connectivity index (χ3v) is 6.20. The molecule has 7 heteroatoms. The van der Waals surface area contributed by atoms with E-state index in [9.17, 15) is 14.3 Å². The molecule has 0 spiro atoms. The van der Waals surface area contributed by atoms with Crippen LogP contribution in [0.25, 0.3) is 0 Å². The van der Waals surface area contributed by atoms with Gasteiger partial charge in [-0.3, -0.25) is 9.46 Å². The lowest BCUT2D eigenvalue weighted by Crippen LogP contribution is -2.51. The van der Waals surface area contributed by atoms with Crippen LogP contribution in [-0.4, -0.2) is 58.9 Å². The minimum Gasteiger partial charge on any atom is -0.478 e. The van der Waals surface area contributed by atoms with E-state index in [1.54, 1.807) is 12.1 Å². The summed E-state index contributed by atoms with van der Waals surface area (Å²) in [6.07, 6.45) is 3.23. The van der Waals surface area contributed by atoms with Gasteiger partial charge in [0.25, 0.3) is 0 Å². The minimum atomic E-state index is -2.61. The van der Waals surface area contributed by atoms with Gasteiger partial charge in [0.1, 0.15) is 0 Å². The average molecular weight is 369 g/mol. The van der Waals surface area contributed by atoms with Crippen molar-refractivity contribution in [3.8, 4) is 0 Å². The number of carboxylic acids is 1. The molecule has 140 valence electrons. The number of nitrogens with zero attached hydrogens (tertiary/aromatic N) is 1. The smallest absolute Gasteiger partial charge is 0.335 e. The number of rotatable bonds is 8. The van der Waals surface area contributed by atoms with E-state index in [0.29, 0.717) is 13.2 Å². The maximum Gasteiger partial charge on any atom is 0.335 e. The van der Waals surface area contributed by atoms with Crippen LogP contribution in [0.5, 0.6) is 0 Å². The highest BCUT2D eigenvalue weighted by atomic mass is 31.1. The van der Waals surface area contributed by atoms with Crippen LogP contribution in [0, 0.1) is 0 Å². The van der Waals surface area contributed by atoms with Crippen molar-refractivity contribution in [1.29, 1.82) is 0 Å². The SMILES string of the molecule is CCCCC([C@@H]1CN(C)[C@H](Cc2ccc(C(=O)O)cc2)CO1)[PH](=O)O. The Morgan fingerprint density at radius 3 is 2.60 bits per heavy atom. The van der Waals surface area contributed by atoms with E-state index in [2.05, 4.69) is 11.8 Å². The molecule has 1 aromatic carbocycles. The minimum absolute atomic E-state index is 0.180. The van der Waals surface area contributed by atoms with Gasteiger partial charge in [0.05, 0.1) is 23.9 Å². The van der Waals surface area contributed by atoms with Gasteiger partial charge in [-0.2, -0.15) is 0 Å². The molecule has 1 aliphatic heterocycles. The molecule has 0 aliphatic carbocycles. The molecular weight excluding hydrogens is 341 g/mol. The van der Waals surface area contributed by atoms with E-state index < -0.39 is 14.0 Å². The Hall–Kier alpha value is -1.20. The van der Waals surface area contributed by atoms with E-state index in [-0.39, 0.29) is 23.4 Å². The molecule has 1 aromatic rings. The number of hydrogen-bond acceptors (Lipinski definition) is 4. The first-order chi connectivity index (χ1) is 11.9. The highest BCUT2D eigenvalue weighted by Crippen LogP contribution is 2.33. The maximum absolute atomic E-state index is 11.7. The molecule has 2 rings (SSSR count). The van der Waals surface area contributed by atoms with Crippen molar-refractivity contribution in [2.24, 2.45) is 0 Å². The molecule has 2 unspecified atom stereocenters. The molecule has 0 amide bonds. The zero-order valence-corrected chi connectivity index (χ0v) is 15.9. The lowest BCUT2D eigenvalue weighted by Gasteiger charge is -2.40.